The highest BCUT2D eigenvalue weighted by Gasteiger charge is 2.26. The average molecular weight is 349 g/mol. The molecule has 2 aromatic rings. The quantitative estimate of drug-likeness (QED) is 0.751. The van der Waals surface area contributed by atoms with Crippen LogP contribution in [0.25, 0.3) is 11.1 Å². The molecule has 0 fully saturated rings. The lowest BCUT2D eigenvalue weighted by Crippen LogP contribution is -2.41. The molecule has 2 amide bonds. The summed E-state index contributed by atoms with van der Waals surface area (Å²) in [5.41, 5.74) is 1.39. The minimum absolute atomic E-state index is 0.00241. The zero-order valence-electron chi connectivity index (χ0n) is 14.3. The predicted molar refractivity (Wildman–Crippen MR) is 94.8 cm³/mol. The van der Waals surface area contributed by atoms with Crippen molar-refractivity contribution in [3.05, 3.63) is 24.3 Å². The fraction of sp³-hybridized carbons (Fsp3) is 0.471. The zero-order chi connectivity index (χ0) is 17.7. The first-order valence-corrected chi connectivity index (χ1v) is 8.85. The first-order valence-electron chi connectivity index (χ1n) is 7.97. The Kier molecular flexibility index (Phi) is 6.25. The van der Waals surface area contributed by atoms with Gasteiger partial charge >= 0.3 is 0 Å². The predicted octanol–water partition coefficient (Wildman–Crippen LogP) is 2.73. The van der Waals surface area contributed by atoms with Crippen LogP contribution in [0.2, 0.25) is 0 Å². The number of rotatable bonds is 7. The van der Waals surface area contributed by atoms with Crippen LogP contribution in [0.4, 0.5) is 0 Å². The Hall–Kier alpha value is -2.02. The summed E-state index contributed by atoms with van der Waals surface area (Å²) in [5.74, 6) is -0.367. The van der Waals surface area contributed by atoms with E-state index in [1.54, 1.807) is 0 Å². The Balaban J connectivity index is 2.14. The number of para-hydroxylation sites is 2. The standard InChI is InChI=1S/C17H23N3O3S/c1-10(2)18-15(21)9-14(16(22)19-11(3)4)24-17-20-12-7-5-6-8-13(12)23-17/h5-8,10-11,14H,9H2,1-4H3,(H,18,21)(H,19,22). The molecule has 2 rings (SSSR count). The van der Waals surface area contributed by atoms with Crippen molar-refractivity contribution in [2.75, 3.05) is 0 Å². The lowest BCUT2D eigenvalue weighted by atomic mass is 10.2. The number of thioether (sulfide) groups is 1. The molecule has 2 N–H and O–H groups in total. The second kappa shape index (κ2) is 8.19. The molecule has 0 radical (unpaired) electrons. The molecule has 130 valence electrons. The van der Waals surface area contributed by atoms with E-state index in [-0.39, 0.29) is 30.3 Å². The van der Waals surface area contributed by atoms with Crippen LogP contribution in [-0.4, -0.2) is 34.1 Å². The molecule has 0 saturated heterocycles. The van der Waals surface area contributed by atoms with Gasteiger partial charge in [-0.05, 0) is 39.8 Å². The Labute approximate surface area is 145 Å². The van der Waals surface area contributed by atoms with Crippen LogP contribution < -0.4 is 10.6 Å². The minimum atomic E-state index is -0.598. The SMILES string of the molecule is CC(C)NC(=O)CC(Sc1nc2ccccc2o1)C(=O)NC(C)C. The summed E-state index contributed by atoms with van der Waals surface area (Å²) < 4.78 is 5.66. The zero-order valence-corrected chi connectivity index (χ0v) is 15.1. The first kappa shape index (κ1) is 18.3. The van der Waals surface area contributed by atoms with Crippen LogP contribution in [0.5, 0.6) is 0 Å². The van der Waals surface area contributed by atoms with Crippen LogP contribution in [0, 0.1) is 0 Å². The fourth-order valence-corrected chi connectivity index (χ4v) is 3.08. The van der Waals surface area contributed by atoms with Gasteiger partial charge in [-0.3, -0.25) is 9.59 Å². The van der Waals surface area contributed by atoms with Gasteiger partial charge in [-0.15, -0.1) is 0 Å². The molecule has 0 aliphatic rings. The van der Waals surface area contributed by atoms with Crippen molar-refractivity contribution in [1.82, 2.24) is 15.6 Å². The highest BCUT2D eigenvalue weighted by Crippen LogP contribution is 2.28. The summed E-state index contributed by atoms with van der Waals surface area (Å²) >= 11 is 1.17. The number of fused-ring (bicyclic) bond motifs is 1. The summed E-state index contributed by atoms with van der Waals surface area (Å²) in [4.78, 5) is 28.8. The molecule has 24 heavy (non-hydrogen) atoms. The van der Waals surface area contributed by atoms with E-state index >= 15 is 0 Å². The van der Waals surface area contributed by atoms with Gasteiger partial charge < -0.3 is 15.1 Å². The van der Waals surface area contributed by atoms with Crippen LogP contribution >= 0.6 is 11.8 Å². The summed E-state index contributed by atoms with van der Waals surface area (Å²) in [6, 6.07) is 7.43. The molecular weight excluding hydrogens is 326 g/mol. The second-order valence-corrected chi connectivity index (χ2v) is 7.30. The van der Waals surface area contributed by atoms with Gasteiger partial charge in [0.1, 0.15) is 10.8 Å². The lowest BCUT2D eigenvalue weighted by molar-refractivity contribution is -0.126. The number of benzene rings is 1. The van der Waals surface area contributed by atoms with E-state index in [0.717, 1.165) is 5.52 Å². The summed E-state index contributed by atoms with van der Waals surface area (Å²) in [6.07, 6.45) is 0.0696. The number of hydrogen-bond donors (Lipinski definition) is 2. The fourth-order valence-electron chi connectivity index (χ4n) is 2.14. The van der Waals surface area contributed by atoms with Crippen LogP contribution in [0.1, 0.15) is 34.1 Å². The molecule has 1 atom stereocenters. The van der Waals surface area contributed by atoms with Gasteiger partial charge in [0.05, 0.1) is 0 Å². The van der Waals surface area contributed by atoms with Gasteiger partial charge in [0.25, 0.3) is 5.22 Å². The number of nitrogens with one attached hydrogen (secondary N) is 2. The number of hydrogen-bond acceptors (Lipinski definition) is 5. The van der Waals surface area contributed by atoms with E-state index in [1.807, 2.05) is 52.0 Å². The third kappa shape index (κ3) is 5.26. The van der Waals surface area contributed by atoms with Gasteiger partial charge in [-0.25, -0.2) is 4.98 Å². The number of nitrogens with zero attached hydrogens (tertiary/aromatic N) is 1. The maximum absolute atomic E-state index is 12.4. The molecule has 0 aliphatic carbocycles. The first-order chi connectivity index (χ1) is 11.3. The average Bonchev–Trinajstić information content (AvgIpc) is 2.87. The highest BCUT2D eigenvalue weighted by molar-refractivity contribution is 8.00. The topological polar surface area (TPSA) is 84.2 Å². The maximum Gasteiger partial charge on any atom is 0.257 e. The van der Waals surface area contributed by atoms with E-state index in [2.05, 4.69) is 15.6 Å². The van der Waals surface area contributed by atoms with Crippen molar-refractivity contribution >= 4 is 34.7 Å². The third-order valence-corrected chi connectivity index (χ3v) is 4.10. The van der Waals surface area contributed by atoms with E-state index in [9.17, 15) is 9.59 Å². The lowest BCUT2D eigenvalue weighted by Gasteiger charge is -2.17. The summed E-state index contributed by atoms with van der Waals surface area (Å²) in [6.45, 7) is 7.53. The van der Waals surface area contributed by atoms with Crippen LogP contribution in [0.3, 0.4) is 0 Å². The van der Waals surface area contributed by atoms with E-state index < -0.39 is 5.25 Å². The van der Waals surface area contributed by atoms with Crippen molar-refractivity contribution in [1.29, 1.82) is 0 Å². The van der Waals surface area contributed by atoms with Crippen molar-refractivity contribution in [3.63, 3.8) is 0 Å². The molecule has 1 aromatic carbocycles. The number of carbonyl (C=O) groups is 2. The van der Waals surface area contributed by atoms with Crippen molar-refractivity contribution in [2.24, 2.45) is 0 Å². The van der Waals surface area contributed by atoms with E-state index in [0.29, 0.717) is 10.8 Å². The number of carbonyl (C=O) groups excluding carboxylic acids is 2. The van der Waals surface area contributed by atoms with Gasteiger partial charge in [-0.2, -0.15) is 0 Å². The number of oxazole rings is 1. The van der Waals surface area contributed by atoms with Crippen LogP contribution in [0.15, 0.2) is 33.9 Å². The van der Waals surface area contributed by atoms with Gasteiger partial charge in [0.2, 0.25) is 11.8 Å². The Morgan fingerprint density at radius 1 is 1.12 bits per heavy atom. The number of amides is 2. The molecule has 1 unspecified atom stereocenters. The van der Waals surface area contributed by atoms with Gasteiger partial charge in [0, 0.05) is 18.5 Å². The Morgan fingerprint density at radius 3 is 2.42 bits per heavy atom. The smallest absolute Gasteiger partial charge is 0.257 e. The molecule has 0 saturated carbocycles. The van der Waals surface area contributed by atoms with Crippen molar-refractivity contribution < 1.29 is 14.0 Å². The maximum atomic E-state index is 12.4. The third-order valence-electron chi connectivity index (χ3n) is 3.06. The van der Waals surface area contributed by atoms with Gasteiger partial charge in [-0.1, -0.05) is 23.9 Å². The molecule has 0 spiro atoms. The van der Waals surface area contributed by atoms with Crippen molar-refractivity contribution in [3.8, 4) is 0 Å². The molecule has 0 bridgehead atoms. The molecular formula is C17H23N3O3S. The van der Waals surface area contributed by atoms with E-state index in [4.69, 9.17) is 4.42 Å². The highest BCUT2D eigenvalue weighted by atomic mass is 32.2. The molecule has 1 heterocycles. The molecule has 0 aliphatic heterocycles. The summed E-state index contributed by atoms with van der Waals surface area (Å²) in [5, 5.41) is 5.45. The molecule has 6 nitrogen and oxygen atoms in total. The second-order valence-electron chi connectivity index (χ2n) is 6.14. The number of aromatic nitrogens is 1. The molecule has 7 heteroatoms. The summed E-state index contributed by atoms with van der Waals surface area (Å²) in [7, 11) is 0. The monoisotopic (exact) mass is 349 g/mol. The normalized spacial score (nSPS) is 12.6. The Morgan fingerprint density at radius 2 is 1.79 bits per heavy atom. The van der Waals surface area contributed by atoms with E-state index in [1.165, 1.54) is 11.8 Å². The molecule has 1 aromatic heterocycles. The van der Waals surface area contributed by atoms with Gasteiger partial charge in [0.15, 0.2) is 5.58 Å². The largest absolute Gasteiger partial charge is 0.431 e. The van der Waals surface area contributed by atoms with Crippen molar-refractivity contribution in [2.45, 2.75) is 56.7 Å². The Bertz CT molecular complexity index is 679. The van der Waals surface area contributed by atoms with Crippen LogP contribution in [-0.2, 0) is 9.59 Å². The minimum Gasteiger partial charge on any atom is -0.431 e.